The first-order valence-corrected chi connectivity index (χ1v) is 6.46. The van der Waals surface area contributed by atoms with E-state index in [9.17, 15) is 10.1 Å². The largest absolute Gasteiger partial charge is 0.383 e. The lowest BCUT2D eigenvalue weighted by molar-refractivity contribution is -0.384. The van der Waals surface area contributed by atoms with Gasteiger partial charge in [0.1, 0.15) is 5.69 Å². The van der Waals surface area contributed by atoms with E-state index in [1.54, 1.807) is 13.2 Å². The molecule has 6 heteroatoms. The average molecular weight is 317 g/mol. The fraction of sp³-hybridized carbons (Fsp3) is 0.500. The minimum Gasteiger partial charge on any atom is -0.383 e. The third kappa shape index (κ3) is 3.68. The Hall–Kier alpha value is -1.14. The Morgan fingerprint density at radius 2 is 2.17 bits per heavy atom. The van der Waals surface area contributed by atoms with Crippen LogP contribution in [0.25, 0.3) is 0 Å². The Labute approximate surface area is 115 Å². The predicted molar refractivity (Wildman–Crippen MR) is 75.2 cm³/mol. The minimum atomic E-state index is -0.359. The van der Waals surface area contributed by atoms with Crippen molar-refractivity contribution in [1.82, 2.24) is 0 Å². The Morgan fingerprint density at radius 3 is 2.67 bits per heavy atom. The van der Waals surface area contributed by atoms with Gasteiger partial charge in [-0.3, -0.25) is 10.1 Å². The molecule has 1 aromatic carbocycles. The summed E-state index contributed by atoms with van der Waals surface area (Å²) in [6.07, 6.45) is 0. The third-order valence-electron chi connectivity index (χ3n) is 2.60. The Bertz CT molecular complexity index is 424. The van der Waals surface area contributed by atoms with E-state index in [1.807, 2.05) is 24.8 Å². The fourth-order valence-corrected chi connectivity index (χ4v) is 2.08. The van der Waals surface area contributed by atoms with Crippen LogP contribution in [0.2, 0.25) is 0 Å². The summed E-state index contributed by atoms with van der Waals surface area (Å²) < 4.78 is 5.75. The Kier molecular flexibility index (Phi) is 5.55. The second-order valence-corrected chi connectivity index (χ2v) is 5.09. The molecule has 0 N–H and O–H groups in total. The summed E-state index contributed by atoms with van der Waals surface area (Å²) in [7, 11) is 1.62. The molecule has 1 aromatic rings. The van der Waals surface area contributed by atoms with E-state index >= 15 is 0 Å². The molecule has 5 nitrogen and oxygen atoms in total. The summed E-state index contributed by atoms with van der Waals surface area (Å²) in [6, 6.07) is 5.26. The maximum Gasteiger partial charge on any atom is 0.293 e. The molecular weight excluding hydrogens is 300 g/mol. The van der Waals surface area contributed by atoms with Crippen LogP contribution in [-0.4, -0.2) is 31.2 Å². The van der Waals surface area contributed by atoms with Crippen LogP contribution in [0, 0.1) is 10.1 Å². The number of ether oxygens (including phenoxy) is 1. The van der Waals surface area contributed by atoms with Crippen molar-refractivity contribution in [1.29, 1.82) is 0 Å². The summed E-state index contributed by atoms with van der Waals surface area (Å²) in [5, 5.41) is 11.1. The molecule has 1 rings (SSSR count). The van der Waals surface area contributed by atoms with E-state index in [1.165, 1.54) is 6.07 Å². The monoisotopic (exact) mass is 316 g/mol. The van der Waals surface area contributed by atoms with Gasteiger partial charge in [-0.1, -0.05) is 15.9 Å². The summed E-state index contributed by atoms with van der Waals surface area (Å²) in [5.41, 5.74) is 0.726. The average Bonchev–Trinajstić information content (AvgIpc) is 2.30. The van der Waals surface area contributed by atoms with Crippen LogP contribution in [0.15, 0.2) is 22.7 Å². The van der Waals surface area contributed by atoms with Crippen molar-refractivity contribution in [2.45, 2.75) is 19.9 Å². The van der Waals surface area contributed by atoms with Gasteiger partial charge < -0.3 is 9.64 Å². The van der Waals surface area contributed by atoms with Crippen LogP contribution < -0.4 is 4.90 Å². The molecule has 0 spiro atoms. The SMILES string of the molecule is COCCN(c1ccc(Br)cc1[N+](=O)[O-])C(C)C. The number of rotatable bonds is 6. The van der Waals surface area contributed by atoms with Gasteiger partial charge in [-0.2, -0.15) is 0 Å². The molecule has 100 valence electrons. The molecular formula is C12H17BrN2O3. The lowest BCUT2D eigenvalue weighted by Crippen LogP contribution is -2.34. The number of nitrogens with zero attached hydrogens (tertiary/aromatic N) is 2. The zero-order valence-corrected chi connectivity index (χ0v) is 12.3. The summed E-state index contributed by atoms with van der Waals surface area (Å²) in [5.74, 6) is 0. The molecule has 0 fully saturated rings. The highest BCUT2D eigenvalue weighted by Gasteiger charge is 2.21. The molecule has 0 amide bonds. The maximum atomic E-state index is 11.1. The van der Waals surface area contributed by atoms with Crippen LogP contribution in [-0.2, 0) is 4.74 Å². The van der Waals surface area contributed by atoms with Gasteiger partial charge in [-0.15, -0.1) is 0 Å². The Balaban J connectivity index is 3.14. The van der Waals surface area contributed by atoms with Gasteiger partial charge in [-0.05, 0) is 26.0 Å². The van der Waals surface area contributed by atoms with Gasteiger partial charge in [0.05, 0.1) is 11.5 Å². The van der Waals surface area contributed by atoms with Gasteiger partial charge in [0, 0.05) is 30.2 Å². The number of halogens is 1. The number of hydrogen-bond acceptors (Lipinski definition) is 4. The summed E-state index contributed by atoms with van der Waals surface area (Å²) in [4.78, 5) is 12.7. The van der Waals surface area contributed by atoms with E-state index < -0.39 is 0 Å². The molecule has 0 heterocycles. The number of benzene rings is 1. The van der Waals surface area contributed by atoms with Crippen LogP contribution in [0.5, 0.6) is 0 Å². The second kappa shape index (κ2) is 6.70. The van der Waals surface area contributed by atoms with E-state index in [2.05, 4.69) is 15.9 Å². The molecule has 18 heavy (non-hydrogen) atoms. The van der Waals surface area contributed by atoms with Crippen molar-refractivity contribution in [3.05, 3.63) is 32.8 Å². The van der Waals surface area contributed by atoms with Crippen LogP contribution in [0.4, 0.5) is 11.4 Å². The molecule has 0 aromatic heterocycles. The number of hydrogen-bond donors (Lipinski definition) is 0. The molecule has 0 aliphatic heterocycles. The molecule has 0 aliphatic carbocycles. The first-order chi connectivity index (χ1) is 8.47. The van der Waals surface area contributed by atoms with E-state index in [-0.39, 0.29) is 16.7 Å². The number of methoxy groups -OCH3 is 1. The van der Waals surface area contributed by atoms with E-state index in [0.717, 1.165) is 0 Å². The van der Waals surface area contributed by atoms with Crippen molar-refractivity contribution in [3.63, 3.8) is 0 Å². The van der Waals surface area contributed by atoms with Gasteiger partial charge >= 0.3 is 0 Å². The van der Waals surface area contributed by atoms with Crippen LogP contribution >= 0.6 is 15.9 Å². The summed E-state index contributed by atoms with van der Waals surface area (Å²) >= 11 is 3.26. The van der Waals surface area contributed by atoms with Crippen molar-refractivity contribution >= 4 is 27.3 Å². The topological polar surface area (TPSA) is 55.6 Å². The maximum absolute atomic E-state index is 11.1. The molecule has 0 bridgehead atoms. The zero-order valence-electron chi connectivity index (χ0n) is 10.7. The quantitative estimate of drug-likeness (QED) is 0.597. The predicted octanol–water partition coefficient (Wildman–Crippen LogP) is 3.22. The molecule has 0 radical (unpaired) electrons. The van der Waals surface area contributed by atoms with Crippen LogP contribution in [0.1, 0.15) is 13.8 Å². The first-order valence-electron chi connectivity index (χ1n) is 5.67. The van der Waals surface area contributed by atoms with Crippen LogP contribution in [0.3, 0.4) is 0 Å². The van der Waals surface area contributed by atoms with Crippen molar-refractivity contribution in [2.75, 3.05) is 25.2 Å². The lowest BCUT2D eigenvalue weighted by atomic mass is 10.2. The lowest BCUT2D eigenvalue weighted by Gasteiger charge is -2.28. The zero-order chi connectivity index (χ0) is 13.7. The smallest absolute Gasteiger partial charge is 0.293 e. The highest BCUT2D eigenvalue weighted by atomic mass is 79.9. The van der Waals surface area contributed by atoms with Gasteiger partial charge in [0.2, 0.25) is 0 Å². The molecule has 0 unspecified atom stereocenters. The van der Waals surface area contributed by atoms with Crippen molar-refractivity contribution in [2.24, 2.45) is 0 Å². The van der Waals surface area contributed by atoms with Crippen molar-refractivity contribution < 1.29 is 9.66 Å². The third-order valence-corrected chi connectivity index (χ3v) is 3.10. The number of nitro groups is 1. The standard InChI is InChI=1S/C12H17BrN2O3/c1-9(2)14(6-7-18-3)11-5-4-10(13)8-12(11)15(16)17/h4-5,8-9H,6-7H2,1-3H3. The minimum absolute atomic E-state index is 0.106. The second-order valence-electron chi connectivity index (χ2n) is 4.17. The van der Waals surface area contributed by atoms with Gasteiger partial charge in [0.15, 0.2) is 0 Å². The van der Waals surface area contributed by atoms with E-state index in [4.69, 9.17) is 4.74 Å². The number of nitro benzene ring substituents is 1. The Morgan fingerprint density at radius 1 is 1.50 bits per heavy atom. The summed E-state index contributed by atoms with van der Waals surface area (Å²) in [6.45, 7) is 5.16. The van der Waals surface area contributed by atoms with Gasteiger partial charge in [-0.25, -0.2) is 0 Å². The molecule has 0 aliphatic rings. The highest BCUT2D eigenvalue weighted by molar-refractivity contribution is 9.10. The number of anilines is 1. The highest BCUT2D eigenvalue weighted by Crippen LogP contribution is 2.32. The first kappa shape index (κ1) is 14.9. The fourth-order valence-electron chi connectivity index (χ4n) is 1.73. The van der Waals surface area contributed by atoms with Gasteiger partial charge in [0.25, 0.3) is 5.69 Å². The molecule has 0 saturated carbocycles. The normalized spacial score (nSPS) is 10.7. The molecule has 0 atom stereocenters. The van der Waals surface area contributed by atoms with Crippen molar-refractivity contribution in [3.8, 4) is 0 Å². The van der Waals surface area contributed by atoms with E-state index in [0.29, 0.717) is 23.3 Å². The molecule has 0 saturated heterocycles.